The monoisotopic (exact) mass is 134 g/mol. The molecule has 0 amide bonds. The van der Waals surface area contributed by atoms with Crippen molar-refractivity contribution in [2.45, 2.75) is 0 Å². The molecule has 0 radical (unpaired) electrons. The molecule has 0 aliphatic rings. The first kappa shape index (κ1) is 5.29. The molecule has 2 aromatic heterocycles. The maximum atomic E-state index is 10.7. The van der Waals surface area contributed by atoms with E-state index in [2.05, 4.69) is 4.98 Å². The minimum atomic E-state index is -0.0637. The van der Waals surface area contributed by atoms with Gasteiger partial charge in [0.1, 0.15) is 5.65 Å². The minimum Gasteiger partial charge on any atom is -0.310 e. The number of hydrogen-bond acceptors (Lipinski definition) is 1. The topological polar surface area (TPSA) is 37.3 Å². The van der Waals surface area contributed by atoms with E-state index in [1.165, 1.54) is 6.07 Å². The fourth-order valence-electron chi connectivity index (χ4n) is 0.945. The first-order valence-electron chi connectivity index (χ1n) is 3.02. The van der Waals surface area contributed by atoms with Gasteiger partial charge in [-0.1, -0.05) is 0 Å². The first-order valence-corrected chi connectivity index (χ1v) is 3.02. The van der Waals surface area contributed by atoms with E-state index in [-0.39, 0.29) is 5.56 Å². The molecule has 0 aliphatic heterocycles. The van der Waals surface area contributed by atoms with Gasteiger partial charge in [0.2, 0.25) is 0 Å². The van der Waals surface area contributed by atoms with E-state index in [9.17, 15) is 4.79 Å². The average Bonchev–Trinajstić information content (AvgIpc) is 2.33. The molecule has 2 heterocycles. The molecule has 0 fully saturated rings. The van der Waals surface area contributed by atoms with Crippen molar-refractivity contribution in [3.05, 3.63) is 40.9 Å². The molecule has 50 valence electrons. The molecule has 0 saturated carbocycles. The van der Waals surface area contributed by atoms with Gasteiger partial charge in [0.25, 0.3) is 5.56 Å². The van der Waals surface area contributed by atoms with E-state index in [0.717, 1.165) is 5.65 Å². The molecule has 0 bridgehead atoms. The highest BCUT2D eigenvalue weighted by atomic mass is 16.1. The Balaban J connectivity index is 2.99. The quantitative estimate of drug-likeness (QED) is 0.563. The van der Waals surface area contributed by atoms with E-state index in [4.69, 9.17) is 0 Å². The zero-order chi connectivity index (χ0) is 6.97. The summed E-state index contributed by atoms with van der Waals surface area (Å²) in [6, 6.07) is 5.22. The normalized spacial score (nSPS) is 10.4. The van der Waals surface area contributed by atoms with Crippen LogP contribution in [0.3, 0.4) is 0 Å². The highest BCUT2D eigenvalue weighted by Gasteiger charge is 1.88. The van der Waals surface area contributed by atoms with Crippen LogP contribution in [-0.2, 0) is 0 Å². The Hall–Kier alpha value is -1.51. The lowest BCUT2D eigenvalue weighted by molar-refractivity contribution is 1.10. The number of aromatic amines is 1. The molecule has 0 spiro atoms. The molecule has 2 aromatic rings. The smallest absolute Gasteiger partial charge is 0.250 e. The van der Waals surface area contributed by atoms with Crippen LogP contribution in [0.15, 0.2) is 35.4 Å². The van der Waals surface area contributed by atoms with Crippen molar-refractivity contribution in [2.75, 3.05) is 0 Å². The third-order valence-corrected chi connectivity index (χ3v) is 1.42. The van der Waals surface area contributed by atoms with Crippen LogP contribution in [-0.4, -0.2) is 9.38 Å². The van der Waals surface area contributed by atoms with E-state index < -0.39 is 0 Å². The van der Waals surface area contributed by atoms with Crippen molar-refractivity contribution in [1.29, 1.82) is 0 Å². The molecule has 3 heteroatoms. The van der Waals surface area contributed by atoms with Crippen molar-refractivity contribution < 1.29 is 0 Å². The Morgan fingerprint density at radius 3 is 3.10 bits per heavy atom. The van der Waals surface area contributed by atoms with Crippen molar-refractivity contribution in [1.82, 2.24) is 9.38 Å². The van der Waals surface area contributed by atoms with Crippen molar-refractivity contribution in [3.8, 4) is 0 Å². The Morgan fingerprint density at radius 1 is 1.30 bits per heavy atom. The lowest BCUT2D eigenvalue weighted by Crippen LogP contribution is -2.04. The van der Waals surface area contributed by atoms with Crippen LogP contribution < -0.4 is 5.56 Å². The van der Waals surface area contributed by atoms with Gasteiger partial charge in [-0.05, 0) is 12.1 Å². The summed E-state index contributed by atoms with van der Waals surface area (Å²) in [5.41, 5.74) is 0.763. The highest BCUT2D eigenvalue weighted by Crippen LogP contribution is 1.94. The van der Waals surface area contributed by atoms with Gasteiger partial charge >= 0.3 is 0 Å². The van der Waals surface area contributed by atoms with Gasteiger partial charge in [-0.3, -0.25) is 4.79 Å². The zero-order valence-electron chi connectivity index (χ0n) is 5.24. The number of H-pyrrole nitrogens is 1. The fourth-order valence-corrected chi connectivity index (χ4v) is 0.945. The third-order valence-electron chi connectivity index (χ3n) is 1.42. The summed E-state index contributed by atoms with van der Waals surface area (Å²) in [7, 11) is 0. The van der Waals surface area contributed by atoms with Gasteiger partial charge in [-0.15, -0.1) is 0 Å². The molecule has 0 aromatic carbocycles. The Morgan fingerprint density at radius 2 is 2.20 bits per heavy atom. The molecule has 10 heavy (non-hydrogen) atoms. The molecule has 3 nitrogen and oxygen atoms in total. The molecule has 2 rings (SSSR count). The number of nitrogens with one attached hydrogen (secondary N) is 1. The van der Waals surface area contributed by atoms with Gasteiger partial charge in [-0.25, -0.2) is 0 Å². The fraction of sp³-hybridized carbons (Fsp3) is 0. The SMILES string of the molecule is O=c1ccn2cccc2[nH]1. The third kappa shape index (κ3) is 0.639. The molecule has 0 aliphatic carbocycles. The standard InChI is InChI=1S/C7H6N2O/c10-7-3-5-9-4-1-2-6(9)8-7/h1-5H,(H,8,10). The van der Waals surface area contributed by atoms with Crippen LogP contribution in [0, 0.1) is 0 Å². The predicted octanol–water partition coefficient (Wildman–Crippen LogP) is 0.628. The Bertz CT molecular complexity index is 399. The number of aromatic nitrogens is 2. The second kappa shape index (κ2) is 1.73. The molecule has 0 saturated heterocycles. The molecule has 0 atom stereocenters. The first-order chi connectivity index (χ1) is 4.86. The maximum Gasteiger partial charge on any atom is 0.250 e. The van der Waals surface area contributed by atoms with Crippen LogP contribution in [0.5, 0.6) is 0 Å². The van der Waals surface area contributed by atoms with Crippen LogP contribution in [0.1, 0.15) is 0 Å². The summed E-state index contributed by atoms with van der Waals surface area (Å²) in [4.78, 5) is 13.4. The summed E-state index contributed by atoms with van der Waals surface area (Å²) in [5, 5.41) is 0. The Labute approximate surface area is 56.9 Å². The van der Waals surface area contributed by atoms with E-state index >= 15 is 0 Å². The minimum absolute atomic E-state index is 0.0637. The highest BCUT2D eigenvalue weighted by molar-refractivity contribution is 5.37. The van der Waals surface area contributed by atoms with E-state index in [0.29, 0.717) is 0 Å². The number of fused-ring (bicyclic) bond motifs is 1. The van der Waals surface area contributed by atoms with E-state index in [1.54, 1.807) is 6.20 Å². The second-order valence-corrected chi connectivity index (χ2v) is 2.11. The van der Waals surface area contributed by atoms with Gasteiger partial charge in [0.15, 0.2) is 0 Å². The van der Waals surface area contributed by atoms with E-state index in [1.807, 2.05) is 22.7 Å². The average molecular weight is 134 g/mol. The van der Waals surface area contributed by atoms with Gasteiger partial charge in [-0.2, -0.15) is 0 Å². The van der Waals surface area contributed by atoms with Crippen molar-refractivity contribution in [3.63, 3.8) is 0 Å². The predicted molar refractivity (Wildman–Crippen MR) is 38.0 cm³/mol. The lowest BCUT2D eigenvalue weighted by atomic mass is 10.6. The van der Waals surface area contributed by atoms with Crippen molar-refractivity contribution in [2.24, 2.45) is 0 Å². The zero-order valence-corrected chi connectivity index (χ0v) is 5.24. The Kier molecular flexibility index (Phi) is 0.917. The summed E-state index contributed by atoms with van der Waals surface area (Å²) in [5.74, 6) is 0. The summed E-state index contributed by atoms with van der Waals surface area (Å²) in [6.45, 7) is 0. The van der Waals surface area contributed by atoms with Crippen LogP contribution in [0.4, 0.5) is 0 Å². The largest absolute Gasteiger partial charge is 0.310 e. The number of hydrogen-bond donors (Lipinski definition) is 1. The summed E-state index contributed by atoms with van der Waals surface area (Å²) < 4.78 is 1.85. The van der Waals surface area contributed by atoms with Crippen LogP contribution >= 0.6 is 0 Å². The number of rotatable bonds is 0. The molecular weight excluding hydrogens is 128 g/mol. The van der Waals surface area contributed by atoms with Gasteiger partial charge < -0.3 is 9.38 Å². The van der Waals surface area contributed by atoms with Gasteiger partial charge in [0.05, 0.1) is 0 Å². The molecular formula is C7H6N2O. The van der Waals surface area contributed by atoms with Gasteiger partial charge in [0, 0.05) is 18.5 Å². The molecule has 0 unspecified atom stereocenters. The second-order valence-electron chi connectivity index (χ2n) is 2.11. The lowest BCUT2D eigenvalue weighted by Gasteiger charge is -1.89. The maximum absolute atomic E-state index is 10.7. The summed E-state index contributed by atoms with van der Waals surface area (Å²) in [6.07, 6.45) is 3.61. The molecule has 1 N–H and O–H groups in total. The summed E-state index contributed by atoms with van der Waals surface area (Å²) >= 11 is 0. The van der Waals surface area contributed by atoms with Crippen molar-refractivity contribution >= 4 is 5.65 Å². The number of nitrogens with zero attached hydrogens (tertiary/aromatic N) is 1. The van der Waals surface area contributed by atoms with Crippen LogP contribution in [0.25, 0.3) is 5.65 Å². The van der Waals surface area contributed by atoms with Crippen LogP contribution in [0.2, 0.25) is 0 Å².